The van der Waals surface area contributed by atoms with Gasteiger partial charge in [0.05, 0.1) is 0 Å². The van der Waals surface area contributed by atoms with Crippen LogP contribution in [-0.2, 0) is 9.53 Å². The fourth-order valence-corrected chi connectivity index (χ4v) is 2.31. The standard InChI is InChI=1S/C18H12INO2/c19-15-11-9-14(10-12-15)17-20-16(18(21)22-17)8-4-7-13-5-2-1-3-6-13/h1-12H/b7-4+,16-8-. The number of hydrogen-bond acceptors (Lipinski definition) is 3. The fraction of sp³-hybridized carbons (Fsp3) is 0. The predicted molar refractivity (Wildman–Crippen MR) is 95.3 cm³/mol. The van der Waals surface area contributed by atoms with Crippen molar-refractivity contribution in [2.45, 2.75) is 0 Å². The van der Waals surface area contributed by atoms with E-state index in [-0.39, 0.29) is 0 Å². The summed E-state index contributed by atoms with van der Waals surface area (Å²) >= 11 is 2.22. The summed E-state index contributed by atoms with van der Waals surface area (Å²) in [6.07, 6.45) is 5.37. The maximum absolute atomic E-state index is 11.8. The van der Waals surface area contributed by atoms with Crippen molar-refractivity contribution >= 4 is 40.5 Å². The molecule has 0 radical (unpaired) electrons. The molecule has 22 heavy (non-hydrogen) atoms. The topological polar surface area (TPSA) is 38.7 Å². The molecule has 0 saturated carbocycles. The number of carbonyl (C=O) groups excluding carboxylic acids is 1. The Labute approximate surface area is 142 Å². The van der Waals surface area contributed by atoms with E-state index in [4.69, 9.17) is 4.74 Å². The molecule has 0 bridgehead atoms. The Balaban J connectivity index is 1.79. The molecule has 0 N–H and O–H groups in total. The Bertz CT molecular complexity index is 774. The molecule has 0 aliphatic carbocycles. The van der Waals surface area contributed by atoms with Crippen LogP contribution in [0.25, 0.3) is 6.08 Å². The average Bonchev–Trinajstić information content (AvgIpc) is 2.90. The average molecular weight is 401 g/mol. The van der Waals surface area contributed by atoms with E-state index in [9.17, 15) is 4.79 Å². The van der Waals surface area contributed by atoms with Crippen LogP contribution in [-0.4, -0.2) is 11.9 Å². The van der Waals surface area contributed by atoms with Gasteiger partial charge in [0, 0.05) is 9.13 Å². The number of aliphatic imine (C=N–C) groups is 1. The minimum Gasteiger partial charge on any atom is -0.402 e. The van der Waals surface area contributed by atoms with Crippen molar-refractivity contribution in [2.24, 2.45) is 4.99 Å². The quantitative estimate of drug-likeness (QED) is 0.440. The number of rotatable bonds is 3. The lowest BCUT2D eigenvalue weighted by Crippen LogP contribution is -2.05. The summed E-state index contributed by atoms with van der Waals surface area (Å²) in [6.45, 7) is 0. The second-order valence-corrected chi connectivity index (χ2v) is 5.88. The van der Waals surface area contributed by atoms with Gasteiger partial charge in [-0.3, -0.25) is 0 Å². The number of allylic oxidation sites excluding steroid dienone is 2. The number of hydrogen-bond donors (Lipinski definition) is 0. The molecule has 0 spiro atoms. The molecule has 2 aromatic carbocycles. The minimum atomic E-state index is -0.425. The number of halogens is 1. The lowest BCUT2D eigenvalue weighted by atomic mass is 10.2. The van der Waals surface area contributed by atoms with Crippen LogP contribution < -0.4 is 0 Å². The maximum atomic E-state index is 11.8. The van der Waals surface area contributed by atoms with Crippen LogP contribution in [0.4, 0.5) is 0 Å². The third kappa shape index (κ3) is 3.51. The fourth-order valence-electron chi connectivity index (χ4n) is 1.95. The third-order valence-electron chi connectivity index (χ3n) is 3.05. The zero-order valence-electron chi connectivity index (χ0n) is 11.6. The van der Waals surface area contributed by atoms with E-state index in [2.05, 4.69) is 27.6 Å². The van der Waals surface area contributed by atoms with Crippen molar-refractivity contribution in [3.8, 4) is 0 Å². The highest BCUT2D eigenvalue weighted by molar-refractivity contribution is 14.1. The van der Waals surface area contributed by atoms with Gasteiger partial charge in [0.2, 0.25) is 5.90 Å². The molecule has 2 aromatic rings. The van der Waals surface area contributed by atoms with Gasteiger partial charge in [0.1, 0.15) is 0 Å². The SMILES string of the molecule is O=C1OC(c2ccc(I)cc2)=N/C1=C\C=C\c1ccccc1. The molecule has 0 fully saturated rings. The maximum Gasteiger partial charge on any atom is 0.363 e. The summed E-state index contributed by atoms with van der Waals surface area (Å²) in [6, 6.07) is 17.5. The predicted octanol–water partition coefficient (Wildman–Crippen LogP) is 4.19. The van der Waals surface area contributed by atoms with Gasteiger partial charge in [0.15, 0.2) is 5.70 Å². The number of benzene rings is 2. The van der Waals surface area contributed by atoms with E-state index in [0.29, 0.717) is 11.6 Å². The zero-order valence-corrected chi connectivity index (χ0v) is 13.7. The Morgan fingerprint density at radius 1 is 1.00 bits per heavy atom. The molecule has 0 saturated heterocycles. The third-order valence-corrected chi connectivity index (χ3v) is 3.77. The molecule has 108 valence electrons. The number of carbonyl (C=O) groups is 1. The number of cyclic esters (lactones) is 1. The summed E-state index contributed by atoms with van der Waals surface area (Å²) in [5, 5.41) is 0. The Hall–Kier alpha value is -2.21. The first-order chi connectivity index (χ1) is 10.7. The van der Waals surface area contributed by atoms with Gasteiger partial charge >= 0.3 is 5.97 Å². The Morgan fingerprint density at radius 3 is 2.45 bits per heavy atom. The van der Waals surface area contributed by atoms with E-state index in [1.54, 1.807) is 12.2 Å². The van der Waals surface area contributed by atoms with Crippen LogP contribution in [0.3, 0.4) is 0 Å². The molecular formula is C18H12INO2. The number of esters is 1. The van der Waals surface area contributed by atoms with Gasteiger partial charge in [-0.25, -0.2) is 9.79 Å². The van der Waals surface area contributed by atoms with Gasteiger partial charge in [-0.15, -0.1) is 0 Å². The van der Waals surface area contributed by atoms with Crippen LogP contribution in [0.5, 0.6) is 0 Å². The second kappa shape index (κ2) is 6.70. The van der Waals surface area contributed by atoms with Crippen molar-refractivity contribution < 1.29 is 9.53 Å². The normalized spacial score (nSPS) is 16.1. The zero-order chi connectivity index (χ0) is 15.4. The van der Waals surface area contributed by atoms with E-state index in [0.717, 1.165) is 14.7 Å². The molecule has 1 heterocycles. The minimum absolute atomic E-state index is 0.306. The molecular weight excluding hydrogens is 389 g/mol. The Morgan fingerprint density at radius 2 is 1.73 bits per heavy atom. The summed E-state index contributed by atoms with van der Waals surface area (Å²) < 4.78 is 6.33. The van der Waals surface area contributed by atoms with E-state index in [1.165, 1.54) is 0 Å². The lowest BCUT2D eigenvalue weighted by Gasteiger charge is -1.98. The molecule has 0 unspecified atom stereocenters. The van der Waals surface area contributed by atoms with E-state index in [1.807, 2.05) is 60.7 Å². The van der Waals surface area contributed by atoms with Crippen molar-refractivity contribution in [1.29, 1.82) is 0 Å². The summed E-state index contributed by atoms with van der Waals surface area (Å²) in [4.78, 5) is 16.1. The second-order valence-electron chi connectivity index (χ2n) is 4.64. The van der Waals surface area contributed by atoms with Crippen molar-refractivity contribution in [3.63, 3.8) is 0 Å². The number of ether oxygens (including phenoxy) is 1. The first kappa shape index (κ1) is 14.7. The van der Waals surface area contributed by atoms with Crippen LogP contribution in [0, 0.1) is 3.57 Å². The van der Waals surface area contributed by atoms with Crippen LogP contribution in [0.1, 0.15) is 11.1 Å². The lowest BCUT2D eigenvalue weighted by molar-refractivity contribution is -0.130. The Kier molecular flexibility index (Phi) is 4.48. The van der Waals surface area contributed by atoms with Crippen molar-refractivity contribution in [3.05, 3.63) is 87.1 Å². The van der Waals surface area contributed by atoms with Gasteiger partial charge < -0.3 is 4.74 Å². The highest BCUT2D eigenvalue weighted by atomic mass is 127. The number of nitrogens with zero attached hydrogens (tertiary/aromatic N) is 1. The molecule has 0 atom stereocenters. The first-order valence-corrected chi connectivity index (χ1v) is 7.80. The summed E-state index contributed by atoms with van der Waals surface area (Å²) in [7, 11) is 0. The molecule has 4 heteroatoms. The van der Waals surface area contributed by atoms with Gasteiger partial charge in [-0.05, 0) is 58.5 Å². The highest BCUT2D eigenvalue weighted by Crippen LogP contribution is 2.17. The van der Waals surface area contributed by atoms with Crippen molar-refractivity contribution in [2.75, 3.05) is 0 Å². The molecule has 1 aliphatic rings. The van der Waals surface area contributed by atoms with E-state index < -0.39 is 5.97 Å². The van der Waals surface area contributed by atoms with Gasteiger partial charge in [-0.1, -0.05) is 42.5 Å². The van der Waals surface area contributed by atoms with Crippen LogP contribution >= 0.6 is 22.6 Å². The van der Waals surface area contributed by atoms with Gasteiger partial charge in [0.25, 0.3) is 0 Å². The molecule has 0 amide bonds. The monoisotopic (exact) mass is 401 g/mol. The molecule has 0 aromatic heterocycles. The van der Waals surface area contributed by atoms with Crippen LogP contribution in [0.2, 0.25) is 0 Å². The van der Waals surface area contributed by atoms with Crippen molar-refractivity contribution in [1.82, 2.24) is 0 Å². The molecule has 3 rings (SSSR count). The summed E-state index contributed by atoms with van der Waals surface area (Å²) in [5.41, 5.74) is 2.16. The molecule has 1 aliphatic heterocycles. The largest absolute Gasteiger partial charge is 0.402 e. The summed E-state index contributed by atoms with van der Waals surface area (Å²) in [5.74, 6) is -0.0768. The molecule has 3 nitrogen and oxygen atoms in total. The smallest absolute Gasteiger partial charge is 0.363 e. The first-order valence-electron chi connectivity index (χ1n) is 6.72. The van der Waals surface area contributed by atoms with Crippen LogP contribution in [0.15, 0.2) is 77.4 Å². The highest BCUT2D eigenvalue weighted by Gasteiger charge is 2.23. The van der Waals surface area contributed by atoms with Gasteiger partial charge in [-0.2, -0.15) is 0 Å². The van der Waals surface area contributed by atoms with E-state index >= 15 is 0 Å².